The van der Waals surface area contributed by atoms with E-state index in [2.05, 4.69) is 20.7 Å². The van der Waals surface area contributed by atoms with Gasteiger partial charge in [0.15, 0.2) is 0 Å². The average molecular weight is 363 g/mol. The van der Waals surface area contributed by atoms with Gasteiger partial charge in [-0.2, -0.15) is 0 Å². The first kappa shape index (κ1) is 14.7. The average Bonchev–Trinajstić information content (AvgIpc) is 2.33. The van der Waals surface area contributed by atoms with Crippen LogP contribution in [-0.2, 0) is 10.0 Å². The maximum absolute atomic E-state index is 13.2. The van der Waals surface area contributed by atoms with Crippen molar-refractivity contribution >= 4 is 37.3 Å². The van der Waals surface area contributed by atoms with Crippen LogP contribution in [-0.4, -0.2) is 8.42 Å². The van der Waals surface area contributed by atoms with E-state index in [0.717, 1.165) is 18.2 Å². The van der Waals surface area contributed by atoms with Crippen LogP contribution in [0.25, 0.3) is 0 Å². The minimum absolute atomic E-state index is 0.0214. The summed E-state index contributed by atoms with van der Waals surface area (Å²) < 4.78 is 52.8. The van der Waals surface area contributed by atoms with E-state index in [1.807, 2.05) is 0 Å². The van der Waals surface area contributed by atoms with Crippen LogP contribution in [0, 0.1) is 11.6 Å². The zero-order valence-electron chi connectivity index (χ0n) is 9.90. The number of nitrogens with one attached hydrogen (secondary N) is 1. The molecular weight excluding hydrogens is 354 g/mol. The summed E-state index contributed by atoms with van der Waals surface area (Å²) >= 11 is 2.96. The fourth-order valence-electron chi connectivity index (χ4n) is 1.51. The third-order valence-electron chi connectivity index (χ3n) is 2.42. The van der Waals surface area contributed by atoms with Crippen molar-refractivity contribution in [1.82, 2.24) is 0 Å². The maximum Gasteiger partial charge on any atom is 0.263 e. The lowest BCUT2D eigenvalue weighted by molar-refractivity contribution is 0.599. The van der Waals surface area contributed by atoms with Crippen molar-refractivity contribution in [1.29, 1.82) is 0 Å². The van der Waals surface area contributed by atoms with Gasteiger partial charge in [0.2, 0.25) is 0 Å². The first-order valence-corrected chi connectivity index (χ1v) is 7.60. The Balaban J connectivity index is 2.43. The van der Waals surface area contributed by atoms with Gasteiger partial charge in [0.25, 0.3) is 10.0 Å². The van der Waals surface area contributed by atoms with E-state index in [1.165, 1.54) is 18.2 Å². The highest BCUT2D eigenvalue weighted by Crippen LogP contribution is 2.28. The van der Waals surface area contributed by atoms with E-state index >= 15 is 0 Å². The molecule has 3 N–H and O–H groups in total. The molecule has 0 saturated heterocycles. The van der Waals surface area contributed by atoms with Crippen LogP contribution in [0.3, 0.4) is 0 Å². The zero-order chi connectivity index (χ0) is 14.9. The maximum atomic E-state index is 13.2. The fourth-order valence-corrected chi connectivity index (χ4v) is 3.61. The molecule has 0 saturated carbocycles. The van der Waals surface area contributed by atoms with Crippen LogP contribution in [0.15, 0.2) is 45.8 Å². The highest BCUT2D eigenvalue weighted by atomic mass is 79.9. The Morgan fingerprint density at radius 3 is 2.50 bits per heavy atom. The van der Waals surface area contributed by atoms with E-state index in [9.17, 15) is 17.2 Å². The standard InChI is InChI=1S/C12H9BrF2N2O2S/c13-9-5-10(15)11(16)6-12(9)20(18,19)17-8-3-1-2-7(14)4-8/h1-6,17H,16H2. The smallest absolute Gasteiger partial charge is 0.263 e. The molecule has 0 bridgehead atoms. The first-order chi connectivity index (χ1) is 9.29. The number of sulfonamides is 1. The van der Waals surface area contributed by atoms with Crippen molar-refractivity contribution in [2.24, 2.45) is 0 Å². The van der Waals surface area contributed by atoms with Gasteiger partial charge >= 0.3 is 0 Å². The van der Waals surface area contributed by atoms with Gasteiger partial charge in [-0.25, -0.2) is 17.2 Å². The molecule has 0 fully saturated rings. The Hall–Kier alpha value is -1.67. The number of nitrogen functional groups attached to an aromatic ring is 1. The molecular formula is C12H9BrF2N2O2S. The Morgan fingerprint density at radius 1 is 1.15 bits per heavy atom. The largest absolute Gasteiger partial charge is 0.396 e. The van der Waals surface area contributed by atoms with Gasteiger partial charge in [-0.15, -0.1) is 0 Å². The van der Waals surface area contributed by atoms with Gasteiger partial charge < -0.3 is 5.73 Å². The van der Waals surface area contributed by atoms with E-state index in [4.69, 9.17) is 5.73 Å². The molecule has 0 atom stereocenters. The second kappa shape index (κ2) is 5.37. The Bertz CT molecular complexity index is 766. The highest BCUT2D eigenvalue weighted by molar-refractivity contribution is 9.10. The lowest BCUT2D eigenvalue weighted by Crippen LogP contribution is -2.14. The molecule has 0 aliphatic carbocycles. The van der Waals surface area contributed by atoms with Gasteiger partial charge in [0.05, 0.1) is 11.4 Å². The normalized spacial score (nSPS) is 11.3. The SMILES string of the molecule is Nc1cc(S(=O)(=O)Nc2cccc(F)c2)c(Br)cc1F. The van der Waals surface area contributed by atoms with Crippen LogP contribution < -0.4 is 10.5 Å². The van der Waals surface area contributed by atoms with Crippen molar-refractivity contribution in [2.45, 2.75) is 4.90 Å². The van der Waals surface area contributed by atoms with Crippen molar-refractivity contribution in [3.05, 3.63) is 52.5 Å². The molecule has 0 unspecified atom stereocenters. The molecule has 20 heavy (non-hydrogen) atoms. The second-order valence-corrected chi connectivity index (χ2v) is 6.43. The molecule has 106 valence electrons. The molecule has 0 spiro atoms. The quantitative estimate of drug-likeness (QED) is 0.824. The minimum Gasteiger partial charge on any atom is -0.396 e. The molecule has 2 aromatic carbocycles. The molecule has 2 aromatic rings. The van der Waals surface area contributed by atoms with Crippen LogP contribution >= 0.6 is 15.9 Å². The predicted molar refractivity (Wildman–Crippen MR) is 75.7 cm³/mol. The number of halogens is 3. The predicted octanol–water partition coefficient (Wildman–Crippen LogP) is 3.11. The molecule has 0 heterocycles. The Labute approximate surface area is 122 Å². The van der Waals surface area contributed by atoms with Crippen LogP contribution in [0.1, 0.15) is 0 Å². The summed E-state index contributed by atoms with van der Waals surface area (Å²) in [6, 6.07) is 6.90. The lowest BCUT2D eigenvalue weighted by atomic mass is 10.3. The molecule has 0 aliphatic rings. The summed E-state index contributed by atoms with van der Waals surface area (Å²) in [5.41, 5.74) is 5.11. The van der Waals surface area contributed by atoms with Gasteiger partial charge in [-0.05, 0) is 46.3 Å². The molecule has 0 aliphatic heterocycles. The molecule has 0 aromatic heterocycles. The number of benzene rings is 2. The highest BCUT2D eigenvalue weighted by Gasteiger charge is 2.20. The molecule has 8 heteroatoms. The van der Waals surface area contributed by atoms with Gasteiger partial charge in [-0.3, -0.25) is 4.72 Å². The fraction of sp³-hybridized carbons (Fsp3) is 0. The van der Waals surface area contributed by atoms with E-state index < -0.39 is 21.7 Å². The van der Waals surface area contributed by atoms with Crippen LogP contribution in [0.5, 0.6) is 0 Å². The van der Waals surface area contributed by atoms with Gasteiger partial charge in [-0.1, -0.05) is 6.07 Å². The van der Waals surface area contributed by atoms with Crippen LogP contribution in [0.4, 0.5) is 20.2 Å². The van der Waals surface area contributed by atoms with Crippen molar-refractivity contribution in [3.8, 4) is 0 Å². The van der Waals surface area contributed by atoms with Crippen LogP contribution in [0.2, 0.25) is 0 Å². The monoisotopic (exact) mass is 362 g/mol. The molecule has 4 nitrogen and oxygen atoms in total. The molecule has 0 amide bonds. The topological polar surface area (TPSA) is 72.2 Å². The van der Waals surface area contributed by atoms with Gasteiger partial charge in [0, 0.05) is 4.47 Å². The number of hydrogen-bond acceptors (Lipinski definition) is 3. The summed E-state index contributed by atoms with van der Waals surface area (Å²) in [6.07, 6.45) is 0. The summed E-state index contributed by atoms with van der Waals surface area (Å²) in [4.78, 5) is -0.235. The lowest BCUT2D eigenvalue weighted by Gasteiger charge is -2.10. The summed E-state index contributed by atoms with van der Waals surface area (Å²) in [7, 11) is -4.01. The van der Waals surface area contributed by atoms with Crippen molar-refractivity contribution < 1.29 is 17.2 Å². The minimum atomic E-state index is -4.01. The van der Waals surface area contributed by atoms with Gasteiger partial charge in [0.1, 0.15) is 16.5 Å². The number of nitrogens with two attached hydrogens (primary N) is 1. The second-order valence-electron chi connectivity index (χ2n) is 3.92. The Morgan fingerprint density at radius 2 is 1.85 bits per heavy atom. The zero-order valence-corrected chi connectivity index (χ0v) is 12.3. The number of rotatable bonds is 3. The van der Waals surface area contributed by atoms with E-state index in [1.54, 1.807) is 0 Å². The first-order valence-electron chi connectivity index (χ1n) is 5.32. The van der Waals surface area contributed by atoms with E-state index in [-0.39, 0.29) is 20.7 Å². The third-order valence-corrected chi connectivity index (χ3v) is 4.76. The van der Waals surface area contributed by atoms with E-state index in [0.29, 0.717) is 0 Å². The summed E-state index contributed by atoms with van der Waals surface area (Å²) in [5.74, 6) is -1.32. The Kier molecular flexibility index (Phi) is 3.96. The number of anilines is 2. The third kappa shape index (κ3) is 3.07. The number of hydrogen-bond donors (Lipinski definition) is 2. The molecule has 0 radical (unpaired) electrons. The summed E-state index contributed by atoms with van der Waals surface area (Å²) in [5, 5.41) is 0. The van der Waals surface area contributed by atoms with Crippen molar-refractivity contribution in [3.63, 3.8) is 0 Å². The summed E-state index contributed by atoms with van der Waals surface area (Å²) in [6.45, 7) is 0. The molecule has 2 rings (SSSR count). The van der Waals surface area contributed by atoms with Crippen molar-refractivity contribution in [2.75, 3.05) is 10.5 Å².